The van der Waals surface area contributed by atoms with Crippen molar-refractivity contribution in [1.29, 1.82) is 0 Å². The van der Waals surface area contributed by atoms with Gasteiger partial charge in [0, 0.05) is 18.9 Å². The second-order valence-electron chi connectivity index (χ2n) is 2.93. The van der Waals surface area contributed by atoms with Gasteiger partial charge in [-0.2, -0.15) is 5.10 Å². The number of carboxylic acids is 1. The summed E-state index contributed by atoms with van der Waals surface area (Å²) < 4.78 is 1.72. The number of nitrogens with two attached hydrogens (primary N) is 1. The Balaban J connectivity index is 2.44. The molecular weight excluding hydrogens is 170 g/mol. The van der Waals surface area contributed by atoms with Crippen LogP contribution >= 0.6 is 0 Å². The fraction of sp³-hybridized carbons (Fsp3) is 0.500. The number of aryl methyl sites for hydroxylation is 2. The number of aromatic nitrogens is 2. The zero-order valence-corrected chi connectivity index (χ0v) is 7.47. The molecule has 0 unspecified atom stereocenters. The van der Waals surface area contributed by atoms with E-state index in [4.69, 9.17) is 10.8 Å². The van der Waals surface area contributed by atoms with Crippen molar-refractivity contribution in [3.8, 4) is 0 Å². The maximum atomic E-state index is 10.4. The highest BCUT2D eigenvalue weighted by Gasteiger charge is 2.11. The summed E-state index contributed by atoms with van der Waals surface area (Å²) in [5, 5.41) is 12.5. The Morgan fingerprint density at radius 2 is 2.54 bits per heavy atom. The van der Waals surface area contributed by atoms with E-state index in [-0.39, 0.29) is 0 Å². The molecule has 0 bridgehead atoms. The maximum absolute atomic E-state index is 10.4. The van der Waals surface area contributed by atoms with Crippen LogP contribution in [0.2, 0.25) is 0 Å². The fourth-order valence-corrected chi connectivity index (χ4v) is 1.07. The Bertz CT molecular complexity index is 295. The van der Waals surface area contributed by atoms with Gasteiger partial charge in [0.2, 0.25) is 0 Å². The number of hydrogen-bond acceptors (Lipinski definition) is 3. The molecular formula is C8H13N3O2. The molecule has 0 spiro atoms. The average molecular weight is 183 g/mol. The van der Waals surface area contributed by atoms with Gasteiger partial charge in [-0.25, -0.2) is 0 Å². The molecule has 0 amide bonds. The summed E-state index contributed by atoms with van der Waals surface area (Å²) in [4.78, 5) is 10.4. The summed E-state index contributed by atoms with van der Waals surface area (Å²) in [5.74, 6) is -0.956. The summed E-state index contributed by atoms with van der Waals surface area (Å²) in [6.07, 6.45) is 2.76. The zero-order valence-electron chi connectivity index (χ0n) is 7.47. The van der Waals surface area contributed by atoms with E-state index in [0.29, 0.717) is 12.8 Å². The third kappa shape index (κ3) is 2.55. The molecule has 0 fully saturated rings. The van der Waals surface area contributed by atoms with Gasteiger partial charge in [0.1, 0.15) is 6.04 Å². The topological polar surface area (TPSA) is 81.1 Å². The standard InChI is InChI=1S/C8H13N3O2/c1-11-6(4-5-10-11)2-3-7(9)8(12)13/h4-5,7H,2-3,9H2,1H3,(H,12,13)/t7-/m1/s1. The van der Waals surface area contributed by atoms with Crippen molar-refractivity contribution in [3.63, 3.8) is 0 Å². The lowest BCUT2D eigenvalue weighted by Crippen LogP contribution is -2.30. The Hall–Kier alpha value is -1.36. The Kier molecular flexibility index (Phi) is 3.02. The average Bonchev–Trinajstić information content (AvgIpc) is 2.47. The SMILES string of the molecule is Cn1nccc1CC[C@@H](N)C(=O)O. The van der Waals surface area contributed by atoms with Gasteiger partial charge in [0.05, 0.1) is 0 Å². The minimum Gasteiger partial charge on any atom is -0.480 e. The van der Waals surface area contributed by atoms with Crippen molar-refractivity contribution in [2.24, 2.45) is 12.8 Å². The van der Waals surface area contributed by atoms with Crippen LogP contribution in [-0.4, -0.2) is 26.9 Å². The molecule has 1 rings (SSSR count). The largest absolute Gasteiger partial charge is 0.480 e. The van der Waals surface area contributed by atoms with Crippen molar-refractivity contribution in [3.05, 3.63) is 18.0 Å². The maximum Gasteiger partial charge on any atom is 0.320 e. The Morgan fingerprint density at radius 3 is 3.00 bits per heavy atom. The molecule has 0 aromatic carbocycles. The molecule has 1 aromatic rings. The van der Waals surface area contributed by atoms with E-state index in [0.717, 1.165) is 5.69 Å². The minimum absolute atomic E-state index is 0.439. The van der Waals surface area contributed by atoms with Crippen LogP contribution in [0.4, 0.5) is 0 Å². The van der Waals surface area contributed by atoms with Gasteiger partial charge in [-0.3, -0.25) is 9.48 Å². The van der Waals surface area contributed by atoms with Gasteiger partial charge in [-0.1, -0.05) is 0 Å². The predicted molar refractivity (Wildman–Crippen MR) is 47.1 cm³/mol. The highest BCUT2D eigenvalue weighted by molar-refractivity contribution is 5.72. The van der Waals surface area contributed by atoms with Crippen LogP contribution in [0.3, 0.4) is 0 Å². The quantitative estimate of drug-likeness (QED) is 0.675. The zero-order chi connectivity index (χ0) is 9.84. The smallest absolute Gasteiger partial charge is 0.320 e. The van der Waals surface area contributed by atoms with Crippen molar-refractivity contribution in [1.82, 2.24) is 9.78 Å². The number of nitrogens with zero attached hydrogens (tertiary/aromatic N) is 2. The molecule has 5 heteroatoms. The van der Waals surface area contributed by atoms with Crippen LogP contribution < -0.4 is 5.73 Å². The number of hydrogen-bond donors (Lipinski definition) is 2. The molecule has 1 heterocycles. The molecule has 0 aliphatic heterocycles. The summed E-state index contributed by atoms with van der Waals surface area (Å²) in [7, 11) is 1.82. The first kappa shape index (κ1) is 9.73. The molecule has 0 saturated carbocycles. The molecule has 0 aliphatic carbocycles. The van der Waals surface area contributed by atoms with Gasteiger partial charge in [0.25, 0.3) is 0 Å². The van der Waals surface area contributed by atoms with Gasteiger partial charge in [-0.15, -0.1) is 0 Å². The fourth-order valence-electron chi connectivity index (χ4n) is 1.07. The minimum atomic E-state index is -0.956. The highest BCUT2D eigenvalue weighted by atomic mass is 16.4. The van der Waals surface area contributed by atoms with Crippen LogP contribution in [0.15, 0.2) is 12.3 Å². The number of carboxylic acid groups (broad SMARTS) is 1. The van der Waals surface area contributed by atoms with E-state index < -0.39 is 12.0 Å². The molecule has 1 aromatic heterocycles. The third-order valence-corrected chi connectivity index (χ3v) is 1.95. The predicted octanol–water partition coefficient (Wildman–Crippen LogP) is -0.235. The summed E-state index contributed by atoms with van der Waals surface area (Å²) in [6.45, 7) is 0. The second kappa shape index (κ2) is 4.04. The van der Waals surface area contributed by atoms with E-state index in [2.05, 4.69) is 5.10 Å². The molecule has 5 nitrogen and oxygen atoms in total. The van der Waals surface area contributed by atoms with Crippen LogP contribution in [-0.2, 0) is 18.3 Å². The highest BCUT2D eigenvalue weighted by Crippen LogP contribution is 2.02. The van der Waals surface area contributed by atoms with Crippen molar-refractivity contribution >= 4 is 5.97 Å². The molecule has 72 valence electrons. The second-order valence-corrected chi connectivity index (χ2v) is 2.93. The molecule has 3 N–H and O–H groups in total. The first-order chi connectivity index (χ1) is 6.11. The number of carbonyl (C=O) groups is 1. The monoisotopic (exact) mass is 183 g/mol. The van der Waals surface area contributed by atoms with E-state index in [9.17, 15) is 4.79 Å². The van der Waals surface area contributed by atoms with Crippen molar-refractivity contribution in [2.45, 2.75) is 18.9 Å². The van der Waals surface area contributed by atoms with Gasteiger partial charge >= 0.3 is 5.97 Å². The molecule has 1 atom stereocenters. The van der Waals surface area contributed by atoms with E-state index >= 15 is 0 Å². The van der Waals surface area contributed by atoms with E-state index in [1.165, 1.54) is 0 Å². The van der Waals surface area contributed by atoms with Gasteiger partial charge in [-0.05, 0) is 18.9 Å². The lowest BCUT2D eigenvalue weighted by Gasteiger charge is -2.05. The molecule has 0 aliphatic rings. The van der Waals surface area contributed by atoms with E-state index in [1.807, 2.05) is 13.1 Å². The molecule has 0 radical (unpaired) electrons. The van der Waals surface area contributed by atoms with Crippen LogP contribution in [0.5, 0.6) is 0 Å². The Morgan fingerprint density at radius 1 is 1.85 bits per heavy atom. The van der Waals surface area contributed by atoms with Crippen molar-refractivity contribution < 1.29 is 9.90 Å². The number of aliphatic carboxylic acids is 1. The lowest BCUT2D eigenvalue weighted by atomic mass is 10.1. The van der Waals surface area contributed by atoms with Gasteiger partial charge in [0.15, 0.2) is 0 Å². The third-order valence-electron chi connectivity index (χ3n) is 1.95. The van der Waals surface area contributed by atoms with Gasteiger partial charge < -0.3 is 10.8 Å². The summed E-state index contributed by atoms with van der Waals surface area (Å²) in [5.41, 5.74) is 6.35. The summed E-state index contributed by atoms with van der Waals surface area (Å²) >= 11 is 0. The lowest BCUT2D eigenvalue weighted by molar-refractivity contribution is -0.138. The van der Waals surface area contributed by atoms with Crippen LogP contribution in [0.1, 0.15) is 12.1 Å². The van der Waals surface area contributed by atoms with Crippen LogP contribution in [0.25, 0.3) is 0 Å². The van der Waals surface area contributed by atoms with Crippen molar-refractivity contribution in [2.75, 3.05) is 0 Å². The first-order valence-electron chi connectivity index (χ1n) is 4.06. The Labute approximate surface area is 76.2 Å². The first-order valence-corrected chi connectivity index (χ1v) is 4.06. The number of rotatable bonds is 4. The normalized spacial score (nSPS) is 12.8. The molecule has 13 heavy (non-hydrogen) atoms. The molecule has 0 saturated heterocycles. The van der Waals surface area contributed by atoms with E-state index in [1.54, 1.807) is 10.9 Å². The van der Waals surface area contributed by atoms with Crippen LogP contribution in [0, 0.1) is 0 Å². The summed E-state index contributed by atoms with van der Waals surface area (Å²) in [6, 6.07) is 1.07.